The monoisotopic (exact) mass is 143 g/mol. The number of nitrogens with zero attached hydrogens (tertiary/aromatic N) is 2. The molecule has 0 aromatic carbocycles. The van der Waals surface area contributed by atoms with Gasteiger partial charge in [0.05, 0.1) is 12.8 Å². The normalized spacial score (nSPS) is 9.70. The number of aliphatic hydroxyl groups is 1. The van der Waals surface area contributed by atoms with Crippen LogP contribution in [0, 0.1) is 0 Å². The molecular weight excluding hydrogens is 134 g/mol. The molecule has 10 heavy (non-hydrogen) atoms. The van der Waals surface area contributed by atoms with E-state index in [1.807, 2.05) is 0 Å². The first kappa shape index (κ1) is 6.88. The van der Waals surface area contributed by atoms with Gasteiger partial charge in [-0.2, -0.15) is 4.73 Å². The number of imidazole rings is 1. The topological polar surface area (TPSA) is 73.3 Å². The summed E-state index contributed by atoms with van der Waals surface area (Å²) in [5, 5.41) is 8.34. The summed E-state index contributed by atoms with van der Waals surface area (Å²) in [5.74, 6) is 0.401. The van der Waals surface area contributed by atoms with E-state index in [4.69, 9.17) is 15.7 Å². The number of nitrogen functional groups attached to an aromatic ring is 1. The second kappa shape index (κ2) is 3.07. The molecule has 0 spiro atoms. The van der Waals surface area contributed by atoms with Crippen LogP contribution in [0.4, 0.5) is 5.82 Å². The maximum absolute atomic E-state index is 8.34. The summed E-state index contributed by atoms with van der Waals surface area (Å²) in [7, 11) is 0. The van der Waals surface area contributed by atoms with E-state index in [9.17, 15) is 0 Å². The number of hydrogen-bond acceptors (Lipinski definition) is 4. The van der Waals surface area contributed by atoms with Crippen molar-refractivity contribution in [2.75, 3.05) is 18.9 Å². The lowest BCUT2D eigenvalue weighted by Crippen LogP contribution is -2.13. The van der Waals surface area contributed by atoms with Gasteiger partial charge in [0, 0.05) is 0 Å². The second-order valence-electron chi connectivity index (χ2n) is 1.72. The molecular formula is C5H9N3O2. The summed E-state index contributed by atoms with van der Waals surface area (Å²) in [6.07, 6.45) is 2.96. The van der Waals surface area contributed by atoms with Gasteiger partial charge in [0.2, 0.25) is 0 Å². The molecule has 1 aromatic heterocycles. The molecule has 0 amide bonds. The third-order valence-corrected chi connectivity index (χ3v) is 0.912. The minimum atomic E-state index is -0.0158. The Morgan fingerprint density at radius 1 is 1.80 bits per heavy atom. The van der Waals surface area contributed by atoms with Crippen LogP contribution >= 0.6 is 0 Å². The van der Waals surface area contributed by atoms with Crippen molar-refractivity contribution in [3.8, 4) is 0 Å². The van der Waals surface area contributed by atoms with Crippen LogP contribution < -0.4 is 10.6 Å². The molecule has 0 bridgehead atoms. The molecule has 1 aromatic rings. The zero-order valence-corrected chi connectivity index (χ0v) is 5.40. The third kappa shape index (κ3) is 1.63. The van der Waals surface area contributed by atoms with Crippen molar-refractivity contribution in [3.05, 3.63) is 12.5 Å². The fraction of sp³-hybridized carbons (Fsp3) is 0.400. The van der Waals surface area contributed by atoms with Gasteiger partial charge in [0.25, 0.3) is 0 Å². The number of nitrogens with two attached hydrogens (primary N) is 1. The predicted octanol–water partition coefficient (Wildman–Crippen LogP) is -1.11. The fourth-order valence-electron chi connectivity index (χ4n) is 0.537. The van der Waals surface area contributed by atoms with Crippen LogP contribution in [0.15, 0.2) is 12.5 Å². The average molecular weight is 143 g/mol. The Morgan fingerprint density at radius 3 is 3.10 bits per heavy atom. The van der Waals surface area contributed by atoms with Gasteiger partial charge < -0.3 is 15.7 Å². The van der Waals surface area contributed by atoms with Crippen molar-refractivity contribution >= 4 is 5.82 Å². The van der Waals surface area contributed by atoms with Crippen LogP contribution in [0.5, 0.6) is 0 Å². The van der Waals surface area contributed by atoms with E-state index >= 15 is 0 Å². The van der Waals surface area contributed by atoms with Crippen molar-refractivity contribution in [2.45, 2.75) is 0 Å². The Labute approximate surface area is 58.0 Å². The molecule has 3 N–H and O–H groups in total. The maximum Gasteiger partial charge on any atom is 0.145 e. The first-order valence-corrected chi connectivity index (χ1v) is 2.86. The highest BCUT2D eigenvalue weighted by atomic mass is 16.7. The van der Waals surface area contributed by atoms with Gasteiger partial charge in [0.15, 0.2) is 0 Å². The van der Waals surface area contributed by atoms with Crippen LogP contribution in [0.25, 0.3) is 0 Å². The zero-order chi connectivity index (χ0) is 7.40. The summed E-state index contributed by atoms with van der Waals surface area (Å²) in [5.41, 5.74) is 5.28. The van der Waals surface area contributed by atoms with E-state index in [0.29, 0.717) is 5.82 Å². The molecule has 56 valence electrons. The van der Waals surface area contributed by atoms with Crippen molar-refractivity contribution in [2.24, 2.45) is 0 Å². The Hall–Kier alpha value is -1.23. The lowest BCUT2D eigenvalue weighted by atomic mass is 10.8. The van der Waals surface area contributed by atoms with Gasteiger partial charge >= 0.3 is 0 Å². The van der Waals surface area contributed by atoms with Gasteiger partial charge in [-0.15, -0.1) is 0 Å². The first-order valence-electron chi connectivity index (χ1n) is 2.86. The SMILES string of the molecule is Nc1cn(OCCO)cn1. The Balaban J connectivity index is 2.42. The van der Waals surface area contributed by atoms with Gasteiger partial charge in [-0.1, -0.05) is 0 Å². The van der Waals surface area contributed by atoms with Crippen molar-refractivity contribution in [1.82, 2.24) is 9.71 Å². The highest BCUT2D eigenvalue weighted by Crippen LogP contribution is 1.92. The molecule has 0 aliphatic heterocycles. The predicted molar refractivity (Wildman–Crippen MR) is 35.2 cm³/mol. The highest BCUT2D eigenvalue weighted by Gasteiger charge is 1.91. The van der Waals surface area contributed by atoms with E-state index in [0.717, 1.165) is 0 Å². The maximum atomic E-state index is 8.34. The molecule has 0 unspecified atom stereocenters. The minimum Gasteiger partial charge on any atom is -0.410 e. The molecule has 0 aliphatic rings. The molecule has 5 heteroatoms. The van der Waals surface area contributed by atoms with Crippen LogP contribution in [0.1, 0.15) is 0 Å². The van der Waals surface area contributed by atoms with E-state index < -0.39 is 0 Å². The van der Waals surface area contributed by atoms with Gasteiger partial charge in [-0.3, -0.25) is 0 Å². The number of hydrogen-bond donors (Lipinski definition) is 2. The van der Waals surface area contributed by atoms with Gasteiger partial charge in [-0.25, -0.2) is 4.98 Å². The Morgan fingerprint density at radius 2 is 2.60 bits per heavy atom. The van der Waals surface area contributed by atoms with E-state index in [-0.39, 0.29) is 13.2 Å². The van der Waals surface area contributed by atoms with Crippen LogP contribution in [-0.2, 0) is 0 Å². The van der Waals surface area contributed by atoms with E-state index in [1.54, 1.807) is 0 Å². The van der Waals surface area contributed by atoms with E-state index in [1.165, 1.54) is 17.3 Å². The number of aliphatic hydroxyl groups excluding tert-OH is 1. The number of anilines is 1. The largest absolute Gasteiger partial charge is 0.410 e. The van der Waals surface area contributed by atoms with Gasteiger partial charge in [-0.05, 0) is 0 Å². The zero-order valence-electron chi connectivity index (χ0n) is 5.40. The van der Waals surface area contributed by atoms with Gasteiger partial charge in [0.1, 0.15) is 18.8 Å². The van der Waals surface area contributed by atoms with Crippen molar-refractivity contribution in [3.63, 3.8) is 0 Å². The molecule has 5 nitrogen and oxygen atoms in total. The number of rotatable bonds is 3. The van der Waals surface area contributed by atoms with Crippen molar-refractivity contribution in [1.29, 1.82) is 0 Å². The molecule has 1 rings (SSSR count). The molecule has 0 fully saturated rings. The summed E-state index contributed by atoms with van der Waals surface area (Å²) < 4.78 is 1.35. The highest BCUT2D eigenvalue weighted by molar-refractivity contribution is 5.21. The smallest absolute Gasteiger partial charge is 0.145 e. The Bertz CT molecular complexity index is 199. The van der Waals surface area contributed by atoms with Crippen LogP contribution in [0.2, 0.25) is 0 Å². The summed E-state index contributed by atoms with van der Waals surface area (Å²) in [6, 6.07) is 0. The number of aromatic nitrogens is 2. The first-order chi connectivity index (χ1) is 4.83. The van der Waals surface area contributed by atoms with Crippen LogP contribution in [0.3, 0.4) is 0 Å². The lowest BCUT2D eigenvalue weighted by Gasteiger charge is -2.00. The molecule has 1 heterocycles. The average Bonchev–Trinajstić information content (AvgIpc) is 2.31. The summed E-state index contributed by atoms with van der Waals surface area (Å²) in [6.45, 7) is 0.230. The lowest BCUT2D eigenvalue weighted by molar-refractivity contribution is 0.0753. The molecule has 0 atom stereocenters. The standard InChI is InChI=1S/C5H9N3O2/c6-5-3-8(4-7-5)10-2-1-9/h3-4,9H,1-2,6H2. The minimum absolute atomic E-state index is 0.0158. The molecule has 0 radical (unpaired) electrons. The second-order valence-corrected chi connectivity index (χ2v) is 1.72. The molecule has 0 aliphatic carbocycles. The molecule has 0 saturated heterocycles. The summed E-state index contributed by atoms with van der Waals surface area (Å²) in [4.78, 5) is 8.60. The van der Waals surface area contributed by atoms with Crippen molar-refractivity contribution < 1.29 is 9.94 Å². The summed E-state index contributed by atoms with van der Waals surface area (Å²) >= 11 is 0. The quantitative estimate of drug-likeness (QED) is 0.562. The Kier molecular flexibility index (Phi) is 2.11. The third-order valence-electron chi connectivity index (χ3n) is 0.912. The molecule has 0 saturated carbocycles. The van der Waals surface area contributed by atoms with Crippen LogP contribution in [-0.4, -0.2) is 28.0 Å². The van der Waals surface area contributed by atoms with E-state index in [2.05, 4.69) is 4.98 Å². The fourth-order valence-corrected chi connectivity index (χ4v) is 0.537.